The number of amides is 1. The molecule has 146 valence electrons. The van der Waals surface area contributed by atoms with Crippen molar-refractivity contribution >= 4 is 11.7 Å². The zero-order valence-corrected chi connectivity index (χ0v) is 15.8. The zero-order chi connectivity index (χ0) is 19.0. The number of ether oxygens (including phenoxy) is 2. The first kappa shape index (κ1) is 17.6. The number of carbonyl (C=O) groups excluding carboxylic acids is 1. The van der Waals surface area contributed by atoms with Gasteiger partial charge in [0.15, 0.2) is 5.79 Å². The molecule has 0 saturated carbocycles. The van der Waals surface area contributed by atoms with Crippen molar-refractivity contribution in [3.63, 3.8) is 0 Å². The van der Waals surface area contributed by atoms with Gasteiger partial charge in [-0.2, -0.15) is 0 Å². The molecule has 2 fully saturated rings. The van der Waals surface area contributed by atoms with Crippen LogP contribution in [0.25, 0.3) is 0 Å². The third kappa shape index (κ3) is 3.25. The monoisotopic (exact) mass is 380 g/mol. The van der Waals surface area contributed by atoms with E-state index in [-0.39, 0.29) is 5.91 Å². The molecule has 1 aromatic carbocycles. The molecule has 7 nitrogen and oxygen atoms in total. The fraction of sp³-hybridized carbons (Fsp3) is 0.476. The van der Waals surface area contributed by atoms with E-state index in [4.69, 9.17) is 9.47 Å². The van der Waals surface area contributed by atoms with E-state index < -0.39 is 5.79 Å². The molecule has 0 N–H and O–H groups in total. The predicted molar refractivity (Wildman–Crippen MR) is 103 cm³/mol. The van der Waals surface area contributed by atoms with E-state index in [2.05, 4.69) is 39.1 Å². The molecule has 0 unspecified atom stereocenters. The van der Waals surface area contributed by atoms with Gasteiger partial charge in [-0.3, -0.25) is 4.79 Å². The molecule has 0 bridgehead atoms. The van der Waals surface area contributed by atoms with Gasteiger partial charge in [-0.05, 0) is 17.5 Å². The summed E-state index contributed by atoms with van der Waals surface area (Å²) in [6.45, 7) is 4.22. The van der Waals surface area contributed by atoms with Crippen molar-refractivity contribution in [2.45, 2.75) is 31.6 Å². The Morgan fingerprint density at radius 3 is 2.54 bits per heavy atom. The number of likely N-dealkylation sites (tertiary alicyclic amines) is 1. The second-order valence-corrected chi connectivity index (χ2v) is 7.60. The van der Waals surface area contributed by atoms with Crippen LogP contribution in [0.3, 0.4) is 0 Å². The molecule has 2 saturated heterocycles. The maximum Gasteiger partial charge on any atom is 0.272 e. The van der Waals surface area contributed by atoms with Gasteiger partial charge in [0.05, 0.1) is 13.2 Å². The fourth-order valence-electron chi connectivity index (χ4n) is 4.33. The van der Waals surface area contributed by atoms with Crippen molar-refractivity contribution in [2.75, 3.05) is 37.7 Å². The molecule has 4 heterocycles. The van der Waals surface area contributed by atoms with Gasteiger partial charge in [0, 0.05) is 45.1 Å². The Hall–Kier alpha value is -2.51. The van der Waals surface area contributed by atoms with E-state index in [9.17, 15) is 4.79 Å². The van der Waals surface area contributed by atoms with Gasteiger partial charge in [0.1, 0.15) is 17.8 Å². The minimum Gasteiger partial charge on any atom is -0.352 e. The number of anilines is 1. The highest BCUT2D eigenvalue weighted by molar-refractivity contribution is 5.93. The van der Waals surface area contributed by atoms with Crippen molar-refractivity contribution in [1.82, 2.24) is 14.9 Å². The van der Waals surface area contributed by atoms with Crippen molar-refractivity contribution in [3.8, 4) is 0 Å². The lowest BCUT2D eigenvalue weighted by molar-refractivity contribution is -0.181. The smallest absolute Gasteiger partial charge is 0.272 e. The third-order valence-electron chi connectivity index (χ3n) is 5.95. The molecule has 5 rings (SSSR count). The molecule has 3 aliphatic heterocycles. The van der Waals surface area contributed by atoms with Gasteiger partial charge in [-0.15, -0.1) is 0 Å². The first-order valence-corrected chi connectivity index (χ1v) is 9.93. The van der Waals surface area contributed by atoms with E-state index >= 15 is 0 Å². The Balaban J connectivity index is 1.29. The Labute approximate surface area is 164 Å². The number of nitrogens with zero attached hydrogens (tertiary/aromatic N) is 4. The van der Waals surface area contributed by atoms with Crippen molar-refractivity contribution < 1.29 is 14.3 Å². The summed E-state index contributed by atoms with van der Waals surface area (Å²) in [5.41, 5.74) is 3.16. The minimum atomic E-state index is -0.477. The summed E-state index contributed by atoms with van der Waals surface area (Å²) < 4.78 is 11.5. The molecule has 0 aliphatic carbocycles. The fourth-order valence-corrected chi connectivity index (χ4v) is 4.33. The predicted octanol–water partition coefficient (Wildman–Crippen LogP) is 2.02. The van der Waals surface area contributed by atoms with Crippen LogP contribution in [0.2, 0.25) is 0 Å². The van der Waals surface area contributed by atoms with Crippen LogP contribution in [-0.2, 0) is 22.4 Å². The number of benzene rings is 1. The normalized spacial score (nSPS) is 21.0. The summed E-state index contributed by atoms with van der Waals surface area (Å²) in [7, 11) is 0. The number of carbonyl (C=O) groups is 1. The van der Waals surface area contributed by atoms with Crippen molar-refractivity contribution in [2.24, 2.45) is 0 Å². The number of aromatic nitrogens is 2. The van der Waals surface area contributed by atoms with Gasteiger partial charge < -0.3 is 19.3 Å². The summed E-state index contributed by atoms with van der Waals surface area (Å²) in [6.07, 6.45) is 3.90. The number of piperidine rings is 1. The van der Waals surface area contributed by atoms with Gasteiger partial charge in [0.2, 0.25) is 0 Å². The molecule has 1 spiro atoms. The summed E-state index contributed by atoms with van der Waals surface area (Å²) >= 11 is 0. The average molecular weight is 380 g/mol. The Kier molecular flexibility index (Phi) is 4.49. The first-order valence-electron chi connectivity index (χ1n) is 9.93. The topological polar surface area (TPSA) is 67.8 Å². The maximum absolute atomic E-state index is 13.0. The first-order chi connectivity index (χ1) is 13.7. The number of rotatable bonds is 2. The van der Waals surface area contributed by atoms with Gasteiger partial charge in [-0.1, -0.05) is 24.3 Å². The summed E-state index contributed by atoms with van der Waals surface area (Å²) in [5.74, 6) is 0.284. The Morgan fingerprint density at radius 2 is 1.75 bits per heavy atom. The average Bonchev–Trinajstić information content (AvgIpc) is 3.21. The highest BCUT2D eigenvalue weighted by atomic mass is 16.7. The summed E-state index contributed by atoms with van der Waals surface area (Å²) in [6, 6.07) is 10.3. The molecule has 1 amide bonds. The van der Waals surface area contributed by atoms with Crippen LogP contribution in [0.1, 0.15) is 34.5 Å². The summed E-state index contributed by atoms with van der Waals surface area (Å²) in [5, 5.41) is 0. The third-order valence-corrected chi connectivity index (χ3v) is 5.95. The number of hydrogen-bond acceptors (Lipinski definition) is 6. The van der Waals surface area contributed by atoms with E-state index in [1.54, 1.807) is 0 Å². The number of fused-ring (bicyclic) bond motifs is 1. The molecular weight excluding hydrogens is 356 g/mol. The standard InChI is InChI=1S/C21H24N4O3/c26-20(24-9-6-21(7-10-24)27-11-12-28-21)18-13-19(23-15-22-18)25-8-5-16-3-1-2-4-17(16)14-25/h1-4,13,15H,5-12,14H2. The second kappa shape index (κ2) is 7.14. The van der Waals surface area contributed by atoms with E-state index in [0.717, 1.165) is 25.3 Å². The van der Waals surface area contributed by atoms with Crippen LogP contribution >= 0.6 is 0 Å². The second-order valence-electron chi connectivity index (χ2n) is 7.60. The zero-order valence-electron chi connectivity index (χ0n) is 15.8. The molecule has 7 heteroatoms. The molecular formula is C21H24N4O3. The van der Waals surface area contributed by atoms with Gasteiger partial charge in [-0.25, -0.2) is 9.97 Å². The molecule has 0 radical (unpaired) electrons. The quantitative estimate of drug-likeness (QED) is 0.794. The van der Waals surface area contributed by atoms with Crippen LogP contribution in [0.15, 0.2) is 36.7 Å². The van der Waals surface area contributed by atoms with E-state index in [1.807, 2.05) is 11.0 Å². The van der Waals surface area contributed by atoms with Gasteiger partial charge >= 0.3 is 0 Å². The highest BCUT2D eigenvalue weighted by Gasteiger charge is 2.41. The van der Waals surface area contributed by atoms with Crippen LogP contribution in [0, 0.1) is 0 Å². The summed E-state index contributed by atoms with van der Waals surface area (Å²) in [4.78, 5) is 25.7. The lowest BCUT2D eigenvalue weighted by atomic mass is 10.00. The van der Waals surface area contributed by atoms with Crippen molar-refractivity contribution in [3.05, 3.63) is 53.5 Å². The molecule has 3 aliphatic rings. The molecule has 0 atom stereocenters. The maximum atomic E-state index is 13.0. The van der Waals surface area contributed by atoms with Crippen LogP contribution in [0.5, 0.6) is 0 Å². The lowest BCUT2D eigenvalue weighted by Crippen LogP contribution is -2.47. The molecule has 2 aromatic rings. The van der Waals surface area contributed by atoms with Crippen molar-refractivity contribution in [1.29, 1.82) is 0 Å². The van der Waals surface area contributed by atoms with Crippen LogP contribution in [-0.4, -0.2) is 59.4 Å². The lowest BCUT2D eigenvalue weighted by Gasteiger charge is -2.37. The molecule has 1 aromatic heterocycles. The molecule has 28 heavy (non-hydrogen) atoms. The van der Waals surface area contributed by atoms with Gasteiger partial charge in [0.25, 0.3) is 5.91 Å². The van der Waals surface area contributed by atoms with E-state index in [0.29, 0.717) is 44.8 Å². The van der Waals surface area contributed by atoms with Crippen LogP contribution in [0.4, 0.5) is 5.82 Å². The largest absolute Gasteiger partial charge is 0.352 e. The Bertz CT molecular complexity index is 871. The van der Waals surface area contributed by atoms with E-state index in [1.165, 1.54) is 17.5 Å². The highest BCUT2D eigenvalue weighted by Crippen LogP contribution is 2.32. The Morgan fingerprint density at radius 1 is 1.00 bits per heavy atom. The number of hydrogen-bond donors (Lipinski definition) is 0. The van der Waals surface area contributed by atoms with Crippen LogP contribution < -0.4 is 4.90 Å². The SMILES string of the molecule is O=C(c1cc(N2CCc3ccccc3C2)ncn1)N1CCC2(CC1)OCCO2. The minimum absolute atomic E-state index is 0.0473.